The molecule has 0 N–H and O–H groups in total. The van der Waals surface area contributed by atoms with E-state index in [9.17, 15) is 19.7 Å². The minimum absolute atomic E-state index is 0.141. The number of nitrogens with zero attached hydrogens (tertiary/aromatic N) is 5. The molecule has 5 rings (SSSR count). The molecule has 1 saturated heterocycles. The molecular formula is C24H18BrN5O4S. The quantitative estimate of drug-likeness (QED) is 0.344. The fourth-order valence-electron chi connectivity index (χ4n) is 4.24. The number of nitro benzene ring substituents is 1. The molecule has 1 aromatic heterocycles. The SMILES string of the molecule is O=C(c1ccncc1)N1CC(C2SCC(=O)N2c2ccccc2[N+](=O)[O-])C(c2ccc(Br)cc2)=N1. The predicted octanol–water partition coefficient (Wildman–Crippen LogP) is 4.33. The molecule has 0 radical (unpaired) electrons. The molecule has 0 spiro atoms. The van der Waals surface area contributed by atoms with Crippen LogP contribution in [0.5, 0.6) is 0 Å². The van der Waals surface area contributed by atoms with Crippen LogP contribution in [-0.4, -0.2) is 50.1 Å². The minimum atomic E-state index is -0.486. The van der Waals surface area contributed by atoms with Gasteiger partial charge < -0.3 is 0 Å². The Bertz CT molecular complexity index is 1340. The number of aromatic nitrogens is 1. The van der Waals surface area contributed by atoms with E-state index in [0.29, 0.717) is 11.3 Å². The number of hydrogen-bond donors (Lipinski definition) is 0. The maximum Gasteiger partial charge on any atom is 0.292 e. The second-order valence-electron chi connectivity index (χ2n) is 7.93. The van der Waals surface area contributed by atoms with Gasteiger partial charge in [0.2, 0.25) is 5.91 Å². The van der Waals surface area contributed by atoms with Gasteiger partial charge in [-0.15, -0.1) is 11.8 Å². The van der Waals surface area contributed by atoms with Gasteiger partial charge in [0.1, 0.15) is 5.69 Å². The minimum Gasteiger partial charge on any atom is -0.292 e. The van der Waals surface area contributed by atoms with Gasteiger partial charge in [-0.25, -0.2) is 5.01 Å². The van der Waals surface area contributed by atoms with Crippen molar-refractivity contribution in [3.63, 3.8) is 0 Å². The van der Waals surface area contributed by atoms with Gasteiger partial charge in [-0.2, -0.15) is 5.10 Å². The Kier molecular flexibility index (Phi) is 6.35. The first kappa shape index (κ1) is 23.2. The van der Waals surface area contributed by atoms with Gasteiger partial charge in [-0.05, 0) is 35.9 Å². The largest absolute Gasteiger partial charge is 0.292 e. The van der Waals surface area contributed by atoms with Crippen molar-refractivity contribution in [3.8, 4) is 0 Å². The monoisotopic (exact) mass is 551 g/mol. The van der Waals surface area contributed by atoms with Crippen LogP contribution in [0.3, 0.4) is 0 Å². The summed E-state index contributed by atoms with van der Waals surface area (Å²) in [7, 11) is 0. The number of amides is 2. The summed E-state index contributed by atoms with van der Waals surface area (Å²) >= 11 is 4.84. The molecule has 2 amide bonds. The Balaban J connectivity index is 1.55. The third kappa shape index (κ3) is 4.44. The van der Waals surface area contributed by atoms with E-state index in [2.05, 4.69) is 26.0 Å². The number of carbonyl (C=O) groups is 2. The summed E-state index contributed by atoms with van der Waals surface area (Å²) in [6, 6.07) is 17.0. The van der Waals surface area contributed by atoms with Crippen LogP contribution < -0.4 is 4.90 Å². The van der Waals surface area contributed by atoms with Crippen molar-refractivity contribution < 1.29 is 14.5 Å². The normalized spacial score (nSPS) is 19.7. The molecule has 0 saturated carbocycles. The van der Waals surface area contributed by atoms with Crippen LogP contribution in [0.2, 0.25) is 0 Å². The smallest absolute Gasteiger partial charge is 0.292 e. The number of carbonyl (C=O) groups excluding carboxylic acids is 2. The van der Waals surface area contributed by atoms with E-state index < -0.39 is 10.3 Å². The number of nitro groups is 1. The summed E-state index contributed by atoms with van der Waals surface area (Å²) in [6.07, 6.45) is 3.09. The zero-order chi connectivity index (χ0) is 24.5. The van der Waals surface area contributed by atoms with Crippen molar-refractivity contribution in [2.45, 2.75) is 5.37 Å². The Morgan fingerprint density at radius 2 is 1.80 bits per heavy atom. The molecule has 1 fully saturated rings. The second-order valence-corrected chi connectivity index (χ2v) is 9.95. The number of hydrogen-bond acceptors (Lipinski definition) is 7. The van der Waals surface area contributed by atoms with Crippen LogP contribution in [0.4, 0.5) is 11.4 Å². The van der Waals surface area contributed by atoms with Gasteiger partial charge in [-0.1, -0.05) is 40.2 Å². The highest BCUT2D eigenvalue weighted by Crippen LogP contribution is 2.42. The number of thioether (sulfide) groups is 1. The lowest BCUT2D eigenvalue weighted by atomic mass is 9.96. The van der Waals surface area contributed by atoms with Crippen LogP contribution in [-0.2, 0) is 4.79 Å². The highest BCUT2D eigenvalue weighted by molar-refractivity contribution is 9.10. The highest BCUT2D eigenvalue weighted by atomic mass is 79.9. The van der Waals surface area contributed by atoms with Crippen molar-refractivity contribution in [1.82, 2.24) is 9.99 Å². The summed E-state index contributed by atoms with van der Waals surface area (Å²) in [5.74, 6) is -0.684. The molecule has 2 aliphatic heterocycles. The summed E-state index contributed by atoms with van der Waals surface area (Å²) in [6.45, 7) is 0.231. The van der Waals surface area contributed by atoms with Crippen LogP contribution in [0, 0.1) is 16.0 Å². The van der Waals surface area contributed by atoms with Crippen molar-refractivity contribution in [2.24, 2.45) is 11.0 Å². The van der Waals surface area contributed by atoms with E-state index >= 15 is 0 Å². The lowest BCUT2D eigenvalue weighted by Gasteiger charge is -2.29. The molecule has 0 bridgehead atoms. The number of anilines is 1. The zero-order valence-corrected chi connectivity index (χ0v) is 20.6. The first-order valence-electron chi connectivity index (χ1n) is 10.7. The Morgan fingerprint density at radius 1 is 1.09 bits per heavy atom. The molecule has 2 aliphatic rings. The standard InChI is InChI=1S/C24H18BrN5O4S/c25-17-7-5-15(6-8-17)22-18(13-28(27-22)23(32)16-9-11-26-12-10-16)24-29(21(31)14-35-24)19-3-1-2-4-20(19)30(33)34/h1-12,18,24H,13-14H2. The van der Waals surface area contributed by atoms with Crippen molar-refractivity contribution in [1.29, 1.82) is 0 Å². The first-order valence-corrected chi connectivity index (χ1v) is 12.5. The maximum absolute atomic E-state index is 13.2. The molecule has 176 valence electrons. The lowest BCUT2D eigenvalue weighted by Crippen LogP contribution is -2.42. The summed E-state index contributed by atoms with van der Waals surface area (Å²) < 4.78 is 0.896. The van der Waals surface area contributed by atoms with E-state index in [1.165, 1.54) is 27.7 Å². The van der Waals surface area contributed by atoms with Gasteiger partial charge in [0, 0.05) is 28.5 Å². The Hall–Kier alpha value is -3.57. The predicted molar refractivity (Wildman–Crippen MR) is 136 cm³/mol. The van der Waals surface area contributed by atoms with Crippen molar-refractivity contribution in [3.05, 3.63) is 98.8 Å². The molecule has 3 aromatic rings. The lowest BCUT2D eigenvalue weighted by molar-refractivity contribution is -0.384. The molecule has 2 atom stereocenters. The summed E-state index contributed by atoms with van der Waals surface area (Å²) in [5, 5.41) is 17.3. The number of benzene rings is 2. The average molecular weight is 552 g/mol. The highest BCUT2D eigenvalue weighted by Gasteiger charge is 2.46. The fraction of sp³-hybridized carbons (Fsp3) is 0.167. The van der Waals surface area contributed by atoms with E-state index in [1.54, 1.807) is 42.7 Å². The molecule has 2 aromatic carbocycles. The topological polar surface area (TPSA) is 109 Å². The molecule has 9 nitrogen and oxygen atoms in total. The van der Waals surface area contributed by atoms with Crippen LogP contribution in [0.25, 0.3) is 0 Å². The third-order valence-corrected chi connectivity index (χ3v) is 7.66. The average Bonchev–Trinajstić information content (AvgIpc) is 3.48. The van der Waals surface area contributed by atoms with Gasteiger partial charge in [0.25, 0.3) is 11.6 Å². The number of rotatable bonds is 5. The Morgan fingerprint density at radius 3 is 2.51 bits per heavy atom. The third-order valence-electron chi connectivity index (χ3n) is 5.83. The van der Waals surface area contributed by atoms with E-state index in [1.807, 2.05) is 24.3 Å². The Labute approximate surface area is 213 Å². The van der Waals surface area contributed by atoms with E-state index in [4.69, 9.17) is 0 Å². The van der Waals surface area contributed by atoms with Gasteiger partial charge in [0.15, 0.2) is 0 Å². The van der Waals surface area contributed by atoms with Crippen LogP contribution in [0.15, 0.2) is 82.6 Å². The number of para-hydroxylation sites is 2. The second kappa shape index (κ2) is 9.59. The van der Waals surface area contributed by atoms with E-state index in [-0.39, 0.29) is 41.4 Å². The van der Waals surface area contributed by atoms with Crippen LogP contribution >= 0.6 is 27.7 Å². The van der Waals surface area contributed by atoms with Gasteiger partial charge >= 0.3 is 0 Å². The number of hydrazone groups is 1. The molecule has 0 aliphatic carbocycles. The molecule has 3 heterocycles. The van der Waals surface area contributed by atoms with Crippen molar-refractivity contribution >= 4 is 56.6 Å². The summed E-state index contributed by atoms with van der Waals surface area (Å²) in [5.41, 5.74) is 2.01. The fourth-order valence-corrected chi connectivity index (χ4v) is 5.78. The number of pyridine rings is 1. The first-order chi connectivity index (χ1) is 16.9. The summed E-state index contributed by atoms with van der Waals surface area (Å²) in [4.78, 5) is 42.9. The van der Waals surface area contributed by atoms with E-state index in [0.717, 1.165) is 10.0 Å². The molecule has 11 heteroatoms. The van der Waals surface area contributed by atoms with Gasteiger partial charge in [0.05, 0.1) is 34.2 Å². The molecule has 35 heavy (non-hydrogen) atoms. The van der Waals surface area contributed by atoms with Crippen molar-refractivity contribution in [2.75, 3.05) is 17.2 Å². The van der Waals surface area contributed by atoms with Crippen LogP contribution in [0.1, 0.15) is 15.9 Å². The molecule has 2 unspecified atom stereocenters. The van der Waals surface area contributed by atoms with Gasteiger partial charge in [-0.3, -0.25) is 29.6 Å². The molecular weight excluding hydrogens is 534 g/mol. The maximum atomic E-state index is 13.2. The zero-order valence-electron chi connectivity index (χ0n) is 18.2. The number of halogens is 1.